The van der Waals surface area contributed by atoms with Gasteiger partial charge in [0.2, 0.25) is 10.0 Å². The van der Waals surface area contributed by atoms with E-state index in [1.165, 1.54) is 5.56 Å². The Morgan fingerprint density at radius 2 is 1.98 bits per heavy atom. The predicted molar refractivity (Wildman–Crippen MR) is 174 cm³/mol. The van der Waals surface area contributed by atoms with Crippen molar-refractivity contribution in [2.75, 3.05) is 31.7 Å². The maximum atomic E-state index is 13.5. The zero-order valence-corrected chi connectivity index (χ0v) is 27.5. The molecule has 240 valence electrons. The maximum absolute atomic E-state index is 13.5. The zero-order valence-electron chi connectivity index (χ0n) is 25.9. The van der Waals surface area contributed by atoms with Crippen molar-refractivity contribution in [2.24, 2.45) is 17.8 Å². The first-order valence-electron chi connectivity index (χ1n) is 15.7. The summed E-state index contributed by atoms with van der Waals surface area (Å²) >= 11 is 6.33. The van der Waals surface area contributed by atoms with Crippen molar-refractivity contribution >= 4 is 33.2 Å². The quantitative estimate of drug-likeness (QED) is 0.401. The van der Waals surface area contributed by atoms with Crippen molar-refractivity contribution in [1.82, 2.24) is 4.72 Å². The van der Waals surface area contributed by atoms with E-state index in [-0.39, 0.29) is 30.4 Å². The lowest BCUT2D eigenvalue weighted by molar-refractivity contribution is -0.0620. The molecule has 0 saturated heterocycles. The van der Waals surface area contributed by atoms with Crippen molar-refractivity contribution in [2.45, 2.75) is 76.3 Å². The Balaban J connectivity index is 1.57. The standard InChI is InChI=1S/C34H45ClN2O6S/c1-23-7-6-16-34(2,42-3)29-13-10-26(29)21-37-17-5-4-8-24-19-28(35)12-9-27(24)22-43-31-14-11-25(20-30(31)37)33(39)36-44(40,41)32(23)15-18-38/h6,9,11-12,14,16,19-20,23,26,29,32,38H,4-5,7-8,10,13,15,17-18,21-22H2,1-3H3,(H,36,39)/b16-6+/t23-,26-,29+,32+,34+/m0/s1. The fraction of sp³-hybridized carbons (Fsp3) is 0.559. The van der Waals surface area contributed by atoms with Crippen LogP contribution in [0.4, 0.5) is 5.69 Å². The number of rotatable bonds is 3. The summed E-state index contributed by atoms with van der Waals surface area (Å²) in [7, 11) is -2.34. The van der Waals surface area contributed by atoms with Crippen molar-refractivity contribution in [1.29, 1.82) is 0 Å². The number of methoxy groups -OCH3 is 1. The number of nitrogens with one attached hydrogen (secondary N) is 1. The number of anilines is 1. The molecule has 0 spiro atoms. The highest BCUT2D eigenvalue weighted by atomic mass is 35.5. The summed E-state index contributed by atoms with van der Waals surface area (Å²) in [5.74, 6) is 0.274. The lowest BCUT2D eigenvalue weighted by Gasteiger charge is -2.48. The van der Waals surface area contributed by atoms with Crippen LogP contribution in [0.3, 0.4) is 0 Å². The fourth-order valence-corrected chi connectivity index (χ4v) is 8.91. The van der Waals surface area contributed by atoms with Gasteiger partial charge in [0.25, 0.3) is 5.91 Å². The number of nitrogens with zero attached hydrogens (tertiary/aromatic N) is 1. The van der Waals surface area contributed by atoms with Crippen LogP contribution in [0.1, 0.15) is 73.9 Å². The maximum Gasteiger partial charge on any atom is 0.264 e. The molecule has 3 aliphatic rings. The normalized spacial score (nSPS) is 29.9. The lowest BCUT2D eigenvalue weighted by Crippen LogP contribution is -2.49. The van der Waals surface area contributed by atoms with Crippen LogP contribution in [0.2, 0.25) is 5.02 Å². The molecule has 10 heteroatoms. The Labute approximate surface area is 266 Å². The summed E-state index contributed by atoms with van der Waals surface area (Å²) in [6.45, 7) is 5.54. The highest BCUT2D eigenvalue weighted by Crippen LogP contribution is 2.46. The second-order valence-electron chi connectivity index (χ2n) is 12.8. The minimum atomic E-state index is -4.08. The number of hydrogen-bond donors (Lipinski definition) is 2. The number of fused-ring (bicyclic) bond motifs is 3. The summed E-state index contributed by atoms with van der Waals surface area (Å²) in [6.07, 6.45) is 9.48. The number of sulfonamides is 1. The Bertz CT molecular complexity index is 1480. The molecule has 2 N–H and O–H groups in total. The van der Waals surface area contributed by atoms with Gasteiger partial charge in [-0.05, 0) is 111 Å². The van der Waals surface area contributed by atoms with Gasteiger partial charge in [-0.2, -0.15) is 0 Å². The van der Waals surface area contributed by atoms with Crippen molar-refractivity contribution in [3.8, 4) is 5.75 Å². The topological polar surface area (TPSA) is 105 Å². The first-order chi connectivity index (χ1) is 21.0. The van der Waals surface area contributed by atoms with Gasteiger partial charge in [0.05, 0.1) is 16.5 Å². The van der Waals surface area contributed by atoms with E-state index in [4.69, 9.17) is 21.1 Å². The molecule has 2 aliphatic heterocycles. The highest BCUT2D eigenvalue weighted by molar-refractivity contribution is 7.90. The molecule has 44 heavy (non-hydrogen) atoms. The molecule has 1 saturated carbocycles. The van der Waals surface area contributed by atoms with E-state index in [9.17, 15) is 18.3 Å². The van der Waals surface area contributed by atoms with Gasteiger partial charge < -0.3 is 19.5 Å². The van der Waals surface area contributed by atoms with Crippen LogP contribution in [0.25, 0.3) is 0 Å². The van der Waals surface area contributed by atoms with Crippen LogP contribution in [0.15, 0.2) is 48.6 Å². The minimum absolute atomic E-state index is 0.0301. The Hall–Kier alpha value is -2.59. The smallest absolute Gasteiger partial charge is 0.264 e. The molecule has 2 aromatic carbocycles. The Morgan fingerprint density at radius 1 is 1.16 bits per heavy atom. The third-order valence-electron chi connectivity index (χ3n) is 9.92. The largest absolute Gasteiger partial charge is 0.487 e. The first-order valence-corrected chi connectivity index (χ1v) is 17.7. The van der Waals surface area contributed by atoms with Gasteiger partial charge in [0, 0.05) is 37.4 Å². The molecule has 5 rings (SSSR count). The summed E-state index contributed by atoms with van der Waals surface area (Å²) in [4.78, 5) is 15.8. The van der Waals surface area contributed by atoms with E-state index in [2.05, 4.69) is 22.6 Å². The Morgan fingerprint density at radius 3 is 2.70 bits per heavy atom. The van der Waals surface area contributed by atoms with Crippen LogP contribution in [-0.4, -0.2) is 57.1 Å². The monoisotopic (exact) mass is 644 g/mol. The number of allylic oxidation sites excluding steroid dienone is 1. The van der Waals surface area contributed by atoms with Crippen molar-refractivity contribution in [3.63, 3.8) is 0 Å². The molecular weight excluding hydrogens is 600 g/mol. The number of benzene rings is 2. The molecule has 1 aliphatic carbocycles. The van der Waals surface area contributed by atoms with E-state index in [0.717, 1.165) is 56.4 Å². The van der Waals surface area contributed by atoms with E-state index in [0.29, 0.717) is 29.7 Å². The van der Waals surface area contributed by atoms with Gasteiger partial charge in [0.1, 0.15) is 12.4 Å². The molecular formula is C34H45ClN2O6S. The van der Waals surface area contributed by atoms with Gasteiger partial charge >= 0.3 is 0 Å². The molecule has 1 fully saturated rings. The molecule has 0 unspecified atom stereocenters. The number of halogens is 1. The van der Waals surface area contributed by atoms with Crippen LogP contribution in [0, 0.1) is 17.8 Å². The molecule has 0 radical (unpaired) electrons. The van der Waals surface area contributed by atoms with Gasteiger partial charge in [-0.15, -0.1) is 0 Å². The van der Waals surface area contributed by atoms with Gasteiger partial charge in [-0.3, -0.25) is 4.79 Å². The average Bonchev–Trinajstić information content (AvgIpc) is 3.00. The SMILES string of the molecule is CO[C@]1(C)/C=C/C[C@H](C)[C@@H](CCO)S(=O)(=O)NC(=O)c2ccc3c(c2)N(CCCCc2cc(Cl)ccc2CO3)C[C@@H]2CC[C@H]21. The van der Waals surface area contributed by atoms with Crippen LogP contribution in [0.5, 0.6) is 5.75 Å². The summed E-state index contributed by atoms with van der Waals surface area (Å²) in [5.41, 5.74) is 2.77. The summed E-state index contributed by atoms with van der Waals surface area (Å²) < 4.78 is 41.9. The predicted octanol–water partition coefficient (Wildman–Crippen LogP) is 5.90. The van der Waals surface area contributed by atoms with Crippen molar-refractivity contribution in [3.05, 3.63) is 70.3 Å². The molecule has 0 aromatic heterocycles. The number of ether oxygens (including phenoxy) is 2. The number of aryl methyl sites for hydroxylation is 1. The molecule has 1 amide bonds. The van der Waals surface area contributed by atoms with Gasteiger partial charge in [0.15, 0.2) is 0 Å². The van der Waals surface area contributed by atoms with Crippen LogP contribution < -0.4 is 14.4 Å². The lowest BCUT2D eigenvalue weighted by atomic mass is 9.64. The first kappa shape index (κ1) is 32.8. The zero-order chi connectivity index (χ0) is 31.5. The third kappa shape index (κ3) is 7.11. The fourth-order valence-electron chi connectivity index (χ4n) is 7.05. The molecule has 8 nitrogen and oxygen atoms in total. The molecule has 2 heterocycles. The van der Waals surface area contributed by atoms with Crippen LogP contribution >= 0.6 is 11.6 Å². The number of aliphatic hydroxyl groups is 1. The van der Waals surface area contributed by atoms with E-state index in [1.54, 1.807) is 25.3 Å². The number of hydrogen-bond acceptors (Lipinski definition) is 7. The molecule has 2 bridgehead atoms. The third-order valence-corrected chi connectivity index (χ3v) is 12.1. The number of amides is 1. The second-order valence-corrected chi connectivity index (χ2v) is 15.1. The second kappa shape index (κ2) is 13.8. The van der Waals surface area contributed by atoms with E-state index in [1.807, 2.05) is 31.2 Å². The van der Waals surface area contributed by atoms with E-state index < -0.39 is 26.8 Å². The summed E-state index contributed by atoms with van der Waals surface area (Å²) in [6, 6.07) is 11.1. The number of aliphatic hydroxyl groups excluding tert-OH is 1. The minimum Gasteiger partial charge on any atom is -0.487 e. The summed E-state index contributed by atoms with van der Waals surface area (Å²) in [5, 5.41) is 9.49. The van der Waals surface area contributed by atoms with Gasteiger partial charge in [-0.25, -0.2) is 13.1 Å². The van der Waals surface area contributed by atoms with Crippen molar-refractivity contribution < 1.29 is 27.8 Å². The number of carbonyl (C=O) groups is 1. The Kier molecular flexibility index (Phi) is 10.3. The number of carbonyl (C=O) groups excluding carboxylic acids is 1. The average molecular weight is 645 g/mol. The molecule has 2 aromatic rings. The van der Waals surface area contributed by atoms with Crippen LogP contribution in [-0.2, 0) is 27.8 Å². The highest BCUT2D eigenvalue weighted by Gasteiger charge is 2.44. The molecule has 5 atom stereocenters. The van der Waals surface area contributed by atoms with Gasteiger partial charge in [-0.1, -0.05) is 36.7 Å². The van der Waals surface area contributed by atoms with E-state index >= 15 is 0 Å².